The summed E-state index contributed by atoms with van der Waals surface area (Å²) in [4.78, 5) is 0. The monoisotopic (exact) mass is 396 g/mol. The van der Waals surface area contributed by atoms with E-state index in [4.69, 9.17) is 0 Å². The van der Waals surface area contributed by atoms with Crippen molar-refractivity contribution in [2.24, 2.45) is 11.8 Å². The summed E-state index contributed by atoms with van der Waals surface area (Å²) < 4.78 is 0. The van der Waals surface area contributed by atoms with E-state index in [0.717, 1.165) is 12.8 Å². The molecule has 0 aromatic heterocycles. The van der Waals surface area contributed by atoms with Gasteiger partial charge in [0, 0.05) is 10.8 Å². The first kappa shape index (κ1) is 17.6. The van der Waals surface area contributed by atoms with Gasteiger partial charge in [-0.15, -0.1) is 0 Å². The molecule has 0 saturated heterocycles. The van der Waals surface area contributed by atoms with Crippen LogP contribution < -0.4 is 0 Å². The van der Waals surface area contributed by atoms with Crippen LogP contribution in [0.25, 0.3) is 0 Å². The molecule has 0 radical (unpaired) electrons. The predicted octanol–water partition coefficient (Wildman–Crippen LogP) is 5.40. The first-order valence-corrected chi connectivity index (χ1v) is 10.6. The fourth-order valence-electron chi connectivity index (χ4n) is 6.59. The van der Waals surface area contributed by atoms with Crippen molar-refractivity contribution in [3.8, 4) is 17.2 Å². The normalized spacial score (nSPS) is 27.9. The zero-order chi connectivity index (χ0) is 20.5. The quantitative estimate of drug-likeness (QED) is 0.520. The molecule has 3 heteroatoms. The first-order chi connectivity index (χ1) is 14.5. The van der Waals surface area contributed by atoms with Crippen LogP contribution in [0.1, 0.15) is 36.0 Å². The van der Waals surface area contributed by atoms with E-state index in [1.165, 1.54) is 28.7 Å². The summed E-state index contributed by atoms with van der Waals surface area (Å²) in [7, 11) is 0. The summed E-state index contributed by atoms with van der Waals surface area (Å²) in [6.45, 7) is 0. The second kappa shape index (κ2) is 5.91. The third-order valence-corrected chi connectivity index (χ3v) is 7.89. The van der Waals surface area contributed by atoms with Crippen molar-refractivity contribution < 1.29 is 15.3 Å². The van der Waals surface area contributed by atoms with E-state index in [1.807, 2.05) is 24.3 Å². The zero-order valence-electron chi connectivity index (χ0n) is 16.6. The topological polar surface area (TPSA) is 60.7 Å². The van der Waals surface area contributed by atoms with Gasteiger partial charge in [-0.1, -0.05) is 48.0 Å². The van der Waals surface area contributed by atoms with Gasteiger partial charge in [-0.25, -0.2) is 0 Å². The molecule has 3 saturated carbocycles. The lowest BCUT2D eigenvalue weighted by Gasteiger charge is -2.66. The second-order valence-electron chi connectivity index (χ2n) is 9.23. The fourth-order valence-corrected chi connectivity index (χ4v) is 6.59. The molecular weight excluding hydrogens is 372 g/mol. The molecule has 4 bridgehead atoms. The van der Waals surface area contributed by atoms with Crippen LogP contribution >= 0.6 is 0 Å². The Kier molecular flexibility index (Phi) is 3.48. The highest BCUT2D eigenvalue weighted by atomic mass is 16.3. The Balaban J connectivity index is 1.55. The molecule has 3 N–H and O–H groups in total. The average molecular weight is 396 g/mol. The first-order valence-electron chi connectivity index (χ1n) is 10.6. The summed E-state index contributed by atoms with van der Waals surface area (Å²) >= 11 is 0. The van der Waals surface area contributed by atoms with Gasteiger partial charge in [0.1, 0.15) is 17.2 Å². The van der Waals surface area contributed by atoms with Crippen LogP contribution in [-0.4, -0.2) is 15.3 Å². The maximum Gasteiger partial charge on any atom is 0.115 e. The van der Waals surface area contributed by atoms with Crippen LogP contribution in [0, 0.1) is 11.8 Å². The maximum atomic E-state index is 9.87. The summed E-state index contributed by atoms with van der Waals surface area (Å²) in [6, 6.07) is 23.0. The van der Waals surface area contributed by atoms with Crippen molar-refractivity contribution in [2.75, 3.05) is 0 Å². The van der Waals surface area contributed by atoms with Gasteiger partial charge in [-0.05, 0) is 84.2 Å². The molecule has 0 aliphatic heterocycles. The standard InChI is InChI=1S/C27H24O3/c28-22-7-1-18(2-8-22)26-14-17-13-21(15-26)27(16-25(17)26,19-3-9-23(29)10-4-19)20-5-11-24(30)12-6-20/h1-12,16-17,21,28-30H,13-15H2. The van der Waals surface area contributed by atoms with Gasteiger partial charge in [0.2, 0.25) is 0 Å². The molecular formula is C27H24O3. The number of rotatable bonds is 3. The summed E-state index contributed by atoms with van der Waals surface area (Å²) in [5, 5.41) is 29.5. The molecule has 5 aliphatic rings. The molecule has 0 heterocycles. The molecule has 3 atom stereocenters. The van der Waals surface area contributed by atoms with Crippen LogP contribution in [0.3, 0.4) is 0 Å². The molecule has 3 aromatic carbocycles. The Morgan fingerprint density at radius 2 is 1.07 bits per heavy atom. The SMILES string of the molecule is Oc1ccc(C23CC4CC(C2)C(c2ccc(O)cc2)(c2ccc(O)cc2)C=C43)cc1. The molecule has 8 rings (SSSR count). The third-order valence-electron chi connectivity index (χ3n) is 7.89. The van der Waals surface area contributed by atoms with Gasteiger partial charge in [0.05, 0.1) is 0 Å². The minimum absolute atomic E-state index is 0.0820. The molecule has 30 heavy (non-hydrogen) atoms. The van der Waals surface area contributed by atoms with Crippen molar-refractivity contribution >= 4 is 0 Å². The van der Waals surface area contributed by atoms with E-state index in [9.17, 15) is 15.3 Å². The van der Waals surface area contributed by atoms with Crippen LogP contribution in [0.4, 0.5) is 0 Å². The molecule has 150 valence electrons. The molecule has 3 fully saturated rings. The lowest BCUT2D eigenvalue weighted by molar-refractivity contribution is 0.0591. The van der Waals surface area contributed by atoms with E-state index in [2.05, 4.69) is 18.2 Å². The Morgan fingerprint density at radius 3 is 1.50 bits per heavy atom. The van der Waals surface area contributed by atoms with Gasteiger partial charge in [-0.2, -0.15) is 0 Å². The average Bonchev–Trinajstić information content (AvgIpc) is 2.76. The molecule has 3 aromatic rings. The third kappa shape index (κ3) is 2.21. The predicted molar refractivity (Wildman–Crippen MR) is 116 cm³/mol. The molecule has 3 nitrogen and oxygen atoms in total. The lowest BCUT2D eigenvalue weighted by atomic mass is 9.37. The van der Waals surface area contributed by atoms with E-state index < -0.39 is 0 Å². The molecule has 0 spiro atoms. The highest BCUT2D eigenvalue weighted by Crippen LogP contribution is 2.70. The zero-order valence-corrected chi connectivity index (χ0v) is 16.6. The molecule has 3 unspecified atom stereocenters. The number of aromatic hydroxyl groups is 3. The van der Waals surface area contributed by atoms with E-state index in [0.29, 0.717) is 17.6 Å². The van der Waals surface area contributed by atoms with Gasteiger partial charge in [0.15, 0.2) is 0 Å². The summed E-state index contributed by atoms with van der Waals surface area (Å²) in [6.07, 6.45) is 5.90. The van der Waals surface area contributed by atoms with Gasteiger partial charge in [0.25, 0.3) is 0 Å². The van der Waals surface area contributed by atoms with Crippen molar-refractivity contribution in [3.05, 3.63) is 101 Å². The fraction of sp³-hybridized carbons (Fsp3) is 0.259. The largest absolute Gasteiger partial charge is 0.508 e. The number of hydrogen-bond donors (Lipinski definition) is 3. The number of benzene rings is 3. The van der Waals surface area contributed by atoms with Crippen molar-refractivity contribution in [3.63, 3.8) is 0 Å². The van der Waals surface area contributed by atoms with Crippen LogP contribution in [0.15, 0.2) is 84.4 Å². The lowest BCUT2D eigenvalue weighted by Crippen LogP contribution is -2.59. The number of fused-ring (bicyclic) bond motifs is 1. The minimum atomic E-state index is -0.256. The molecule has 0 amide bonds. The number of phenolic OH excluding ortho intramolecular Hbond substituents is 3. The van der Waals surface area contributed by atoms with Crippen molar-refractivity contribution in [1.29, 1.82) is 0 Å². The number of allylic oxidation sites excluding steroid dienone is 2. The smallest absolute Gasteiger partial charge is 0.115 e. The van der Waals surface area contributed by atoms with Crippen LogP contribution in [0.2, 0.25) is 0 Å². The number of hydrogen-bond acceptors (Lipinski definition) is 3. The Hall–Kier alpha value is -3.20. The highest BCUT2D eigenvalue weighted by Gasteiger charge is 2.63. The van der Waals surface area contributed by atoms with E-state index in [1.54, 1.807) is 36.4 Å². The van der Waals surface area contributed by atoms with Crippen molar-refractivity contribution in [1.82, 2.24) is 0 Å². The van der Waals surface area contributed by atoms with Gasteiger partial charge >= 0.3 is 0 Å². The Bertz CT molecular complexity index is 1100. The van der Waals surface area contributed by atoms with Crippen LogP contribution in [-0.2, 0) is 10.8 Å². The maximum absolute atomic E-state index is 9.87. The molecule has 5 aliphatic carbocycles. The van der Waals surface area contributed by atoms with E-state index >= 15 is 0 Å². The highest BCUT2D eigenvalue weighted by molar-refractivity contribution is 5.59. The number of phenols is 3. The summed E-state index contributed by atoms with van der Waals surface area (Å²) in [5.74, 6) is 1.91. The summed E-state index contributed by atoms with van der Waals surface area (Å²) in [5.41, 5.74) is 5.02. The Labute approximate surface area is 176 Å². The van der Waals surface area contributed by atoms with Gasteiger partial charge in [-0.3, -0.25) is 0 Å². The van der Waals surface area contributed by atoms with Crippen LogP contribution in [0.5, 0.6) is 17.2 Å². The second-order valence-corrected chi connectivity index (χ2v) is 9.23. The van der Waals surface area contributed by atoms with E-state index in [-0.39, 0.29) is 22.3 Å². The van der Waals surface area contributed by atoms with Gasteiger partial charge < -0.3 is 15.3 Å². The van der Waals surface area contributed by atoms with Crippen molar-refractivity contribution in [2.45, 2.75) is 30.1 Å². The minimum Gasteiger partial charge on any atom is -0.508 e. The Morgan fingerprint density at radius 1 is 0.600 bits per heavy atom.